The van der Waals surface area contributed by atoms with Crippen molar-refractivity contribution in [2.24, 2.45) is 11.7 Å². The summed E-state index contributed by atoms with van der Waals surface area (Å²) in [6.07, 6.45) is 6.49. The smallest absolute Gasteiger partial charge is 0.253 e. The lowest BCUT2D eigenvalue weighted by Crippen LogP contribution is -2.46. The van der Waals surface area contributed by atoms with Crippen LogP contribution in [0.3, 0.4) is 0 Å². The molecule has 1 heterocycles. The van der Waals surface area contributed by atoms with Gasteiger partial charge in [-0.15, -0.1) is 0 Å². The van der Waals surface area contributed by atoms with Crippen LogP contribution in [0, 0.1) is 5.92 Å². The van der Waals surface area contributed by atoms with Gasteiger partial charge in [-0.25, -0.2) is 0 Å². The Hall–Kier alpha value is -2.86. The molecule has 0 unspecified atom stereocenters. The Balaban J connectivity index is 1.35. The van der Waals surface area contributed by atoms with E-state index in [1.807, 2.05) is 4.90 Å². The first-order valence-corrected chi connectivity index (χ1v) is 12.6. The fraction of sp³-hybridized carbons (Fsp3) is 0.500. The Morgan fingerprint density at radius 3 is 2.53 bits per heavy atom. The van der Waals surface area contributed by atoms with Crippen LogP contribution in [0.4, 0.5) is 0 Å². The van der Waals surface area contributed by atoms with Gasteiger partial charge >= 0.3 is 0 Å². The molecule has 1 atom stereocenters. The number of ether oxygens (including phenoxy) is 1. The molecule has 4 rings (SSSR count). The zero-order chi connectivity index (χ0) is 24.1. The number of methoxy groups -OCH3 is 1. The van der Waals surface area contributed by atoms with E-state index in [2.05, 4.69) is 30.0 Å². The van der Waals surface area contributed by atoms with Gasteiger partial charge in [-0.3, -0.25) is 14.5 Å². The summed E-state index contributed by atoms with van der Waals surface area (Å²) in [7, 11) is 1.76. The molecular weight excluding hydrogens is 426 g/mol. The fourth-order valence-corrected chi connectivity index (χ4v) is 5.60. The van der Waals surface area contributed by atoms with E-state index in [1.165, 1.54) is 17.5 Å². The second-order valence-corrected chi connectivity index (χ2v) is 9.67. The number of benzene rings is 2. The highest BCUT2D eigenvalue weighted by atomic mass is 16.5. The highest BCUT2D eigenvalue weighted by molar-refractivity contribution is 5.99. The van der Waals surface area contributed by atoms with E-state index >= 15 is 0 Å². The van der Waals surface area contributed by atoms with Gasteiger partial charge in [-0.1, -0.05) is 25.1 Å². The maximum absolute atomic E-state index is 13.0. The average molecular weight is 464 g/mol. The second-order valence-electron chi connectivity index (χ2n) is 9.67. The van der Waals surface area contributed by atoms with Crippen molar-refractivity contribution in [1.29, 1.82) is 0 Å². The summed E-state index contributed by atoms with van der Waals surface area (Å²) in [5.41, 5.74) is 9.10. The van der Waals surface area contributed by atoms with Crippen molar-refractivity contribution in [2.45, 2.75) is 51.5 Å². The van der Waals surface area contributed by atoms with Crippen LogP contribution in [-0.2, 0) is 12.8 Å². The van der Waals surface area contributed by atoms with E-state index in [9.17, 15) is 9.59 Å². The molecule has 34 heavy (non-hydrogen) atoms. The van der Waals surface area contributed by atoms with E-state index in [0.717, 1.165) is 64.0 Å². The molecule has 2 amide bonds. The number of piperidine rings is 1. The molecule has 6 heteroatoms. The normalized spacial score (nSPS) is 18.6. The minimum absolute atomic E-state index is 0.00945. The lowest BCUT2D eigenvalue weighted by Gasteiger charge is -2.40. The lowest BCUT2D eigenvalue weighted by atomic mass is 9.86. The summed E-state index contributed by atoms with van der Waals surface area (Å²) < 4.78 is 5.59. The molecule has 2 aliphatic rings. The SMILES string of the molecule is CCCN(CC1CCN(C(=O)c2cccc(C(N)=O)c2)CC1)[C@H]1CCc2c(cccc2OC)C1. The molecule has 2 aromatic carbocycles. The third kappa shape index (κ3) is 5.44. The summed E-state index contributed by atoms with van der Waals surface area (Å²) in [5, 5.41) is 0. The number of amides is 2. The minimum Gasteiger partial charge on any atom is -0.496 e. The molecule has 0 bridgehead atoms. The minimum atomic E-state index is -0.506. The Morgan fingerprint density at radius 1 is 1.09 bits per heavy atom. The molecular formula is C28H37N3O3. The third-order valence-corrected chi connectivity index (χ3v) is 7.45. The van der Waals surface area contributed by atoms with Crippen LogP contribution in [-0.4, -0.2) is 60.9 Å². The van der Waals surface area contributed by atoms with Crippen LogP contribution in [0.5, 0.6) is 5.75 Å². The predicted octanol–water partition coefficient (Wildman–Crippen LogP) is 3.92. The lowest BCUT2D eigenvalue weighted by molar-refractivity contribution is 0.0642. The molecule has 1 aliphatic heterocycles. The molecule has 2 aromatic rings. The van der Waals surface area contributed by atoms with Gasteiger partial charge in [-0.05, 0) is 86.4 Å². The number of likely N-dealkylation sites (tertiary alicyclic amines) is 1. The Bertz CT molecular complexity index is 1010. The second kappa shape index (κ2) is 11.0. The number of carbonyl (C=O) groups is 2. The molecule has 2 N–H and O–H groups in total. The monoisotopic (exact) mass is 463 g/mol. The number of fused-ring (bicyclic) bond motifs is 1. The van der Waals surface area contributed by atoms with Crippen LogP contribution < -0.4 is 10.5 Å². The van der Waals surface area contributed by atoms with Crippen molar-refractivity contribution in [3.8, 4) is 5.75 Å². The van der Waals surface area contributed by atoms with Gasteiger partial charge in [-0.2, -0.15) is 0 Å². The topological polar surface area (TPSA) is 75.9 Å². The Morgan fingerprint density at radius 2 is 1.82 bits per heavy atom. The maximum Gasteiger partial charge on any atom is 0.253 e. The molecule has 0 spiro atoms. The number of rotatable bonds is 8. The molecule has 1 aliphatic carbocycles. The molecule has 0 aromatic heterocycles. The summed E-state index contributed by atoms with van der Waals surface area (Å²) in [4.78, 5) is 29.1. The molecule has 0 saturated carbocycles. The molecule has 1 fully saturated rings. The van der Waals surface area contributed by atoms with Crippen LogP contribution in [0.1, 0.15) is 64.4 Å². The van der Waals surface area contributed by atoms with Crippen LogP contribution in [0.25, 0.3) is 0 Å². The van der Waals surface area contributed by atoms with Crippen LogP contribution in [0.15, 0.2) is 42.5 Å². The zero-order valence-corrected chi connectivity index (χ0v) is 20.5. The van der Waals surface area contributed by atoms with Gasteiger partial charge in [0.05, 0.1) is 7.11 Å². The van der Waals surface area contributed by atoms with Gasteiger partial charge in [0, 0.05) is 36.8 Å². The quantitative estimate of drug-likeness (QED) is 0.644. The predicted molar refractivity (Wildman–Crippen MR) is 134 cm³/mol. The number of hydrogen-bond donors (Lipinski definition) is 1. The van der Waals surface area contributed by atoms with Crippen LogP contribution >= 0.6 is 0 Å². The van der Waals surface area contributed by atoms with Crippen molar-refractivity contribution < 1.29 is 14.3 Å². The van der Waals surface area contributed by atoms with Gasteiger partial charge in [0.15, 0.2) is 0 Å². The standard InChI is InChI=1S/C28H37N3O3/c1-3-14-31(24-10-11-25-21(18-24)6-5-9-26(25)34-2)19-20-12-15-30(16-13-20)28(33)23-8-4-7-22(17-23)27(29)32/h4-9,17,20,24H,3,10-16,18-19H2,1-2H3,(H2,29,32)/t24-/m0/s1. The zero-order valence-electron chi connectivity index (χ0n) is 20.5. The van der Waals surface area contributed by atoms with Crippen molar-refractivity contribution >= 4 is 11.8 Å². The molecule has 0 radical (unpaired) electrons. The van der Waals surface area contributed by atoms with Gasteiger partial charge in [0.25, 0.3) is 5.91 Å². The van der Waals surface area contributed by atoms with E-state index in [4.69, 9.17) is 10.5 Å². The summed E-state index contributed by atoms with van der Waals surface area (Å²) >= 11 is 0. The first kappa shape index (κ1) is 24.3. The number of primary amides is 1. The van der Waals surface area contributed by atoms with E-state index < -0.39 is 5.91 Å². The van der Waals surface area contributed by atoms with Gasteiger partial charge in [0.2, 0.25) is 5.91 Å². The molecule has 6 nitrogen and oxygen atoms in total. The maximum atomic E-state index is 13.0. The average Bonchev–Trinajstić information content (AvgIpc) is 2.87. The van der Waals surface area contributed by atoms with Crippen molar-refractivity contribution in [3.05, 3.63) is 64.7 Å². The van der Waals surface area contributed by atoms with Crippen LogP contribution in [0.2, 0.25) is 0 Å². The highest BCUT2D eigenvalue weighted by Gasteiger charge is 2.30. The fourth-order valence-electron chi connectivity index (χ4n) is 5.60. The highest BCUT2D eigenvalue weighted by Crippen LogP contribution is 2.32. The Labute approximate surface area is 203 Å². The molecule has 182 valence electrons. The molecule has 1 saturated heterocycles. The van der Waals surface area contributed by atoms with Crippen molar-refractivity contribution in [3.63, 3.8) is 0 Å². The number of nitrogens with two attached hydrogens (primary N) is 1. The number of carbonyl (C=O) groups excluding carboxylic acids is 2. The summed E-state index contributed by atoms with van der Waals surface area (Å²) in [6.45, 7) is 5.98. The van der Waals surface area contributed by atoms with Gasteiger partial charge < -0.3 is 15.4 Å². The van der Waals surface area contributed by atoms with E-state index in [-0.39, 0.29) is 5.91 Å². The Kier molecular flexibility index (Phi) is 7.88. The van der Waals surface area contributed by atoms with E-state index in [1.54, 1.807) is 31.4 Å². The van der Waals surface area contributed by atoms with Gasteiger partial charge in [0.1, 0.15) is 5.75 Å². The largest absolute Gasteiger partial charge is 0.496 e. The summed E-state index contributed by atoms with van der Waals surface area (Å²) in [6, 6.07) is 13.7. The first-order chi connectivity index (χ1) is 16.5. The van der Waals surface area contributed by atoms with Crippen molar-refractivity contribution in [1.82, 2.24) is 9.80 Å². The number of hydrogen-bond acceptors (Lipinski definition) is 4. The van der Waals surface area contributed by atoms with Crippen molar-refractivity contribution in [2.75, 3.05) is 33.3 Å². The third-order valence-electron chi connectivity index (χ3n) is 7.45. The number of nitrogens with zero attached hydrogens (tertiary/aromatic N) is 2. The van der Waals surface area contributed by atoms with E-state index in [0.29, 0.717) is 23.1 Å². The summed E-state index contributed by atoms with van der Waals surface area (Å²) in [5.74, 6) is 1.11. The first-order valence-electron chi connectivity index (χ1n) is 12.6.